The van der Waals surface area contributed by atoms with E-state index in [-0.39, 0.29) is 12.5 Å². The van der Waals surface area contributed by atoms with Gasteiger partial charge in [-0.2, -0.15) is 0 Å². The van der Waals surface area contributed by atoms with Crippen LogP contribution in [0, 0.1) is 0 Å². The summed E-state index contributed by atoms with van der Waals surface area (Å²) in [5, 5.41) is 9.51. The third-order valence-electron chi connectivity index (χ3n) is 4.92. The summed E-state index contributed by atoms with van der Waals surface area (Å²) in [4.78, 5) is 19.4. The molecule has 0 bridgehead atoms. The Kier molecular flexibility index (Phi) is 5.77. The fourth-order valence-corrected chi connectivity index (χ4v) is 3.49. The molecule has 0 spiro atoms. The molecule has 152 valence electrons. The van der Waals surface area contributed by atoms with Crippen molar-refractivity contribution in [1.82, 2.24) is 9.97 Å². The Bertz CT molecular complexity index is 1150. The highest BCUT2D eigenvalue weighted by Gasteiger charge is 2.24. The Hall–Kier alpha value is -3.63. The molecule has 1 aromatic carbocycles. The number of rotatable bonds is 9. The summed E-state index contributed by atoms with van der Waals surface area (Å²) in [6.07, 6.45) is 9.38. The van der Waals surface area contributed by atoms with Crippen molar-refractivity contribution < 1.29 is 19.1 Å². The van der Waals surface area contributed by atoms with Crippen LogP contribution in [0.2, 0.25) is 0 Å². The molecule has 3 aromatic rings. The molecule has 6 nitrogen and oxygen atoms in total. The maximum Gasteiger partial charge on any atom is 0.303 e. The molecule has 0 radical (unpaired) electrons. The maximum atomic E-state index is 10.7. The molecule has 0 saturated heterocycles. The number of fused-ring (bicyclic) bond motifs is 1. The molecule has 0 saturated carbocycles. The molecular formula is C24H22N2O4. The zero-order valence-electron chi connectivity index (χ0n) is 16.7. The van der Waals surface area contributed by atoms with E-state index in [0.717, 1.165) is 34.9 Å². The number of hydrogen-bond donors (Lipinski definition) is 1. The lowest BCUT2D eigenvalue weighted by molar-refractivity contribution is -0.137. The fourth-order valence-electron chi connectivity index (χ4n) is 3.49. The zero-order valence-corrected chi connectivity index (χ0v) is 16.7. The highest BCUT2D eigenvalue weighted by molar-refractivity contribution is 6.01. The number of benzene rings is 1. The maximum absolute atomic E-state index is 10.7. The van der Waals surface area contributed by atoms with Crippen LogP contribution in [0.1, 0.15) is 38.2 Å². The summed E-state index contributed by atoms with van der Waals surface area (Å²) in [7, 11) is 0. The van der Waals surface area contributed by atoms with Gasteiger partial charge in [-0.15, -0.1) is 5.73 Å². The van der Waals surface area contributed by atoms with Crippen molar-refractivity contribution in [1.29, 1.82) is 0 Å². The second kappa shape index (κ2) is 8.80. The predicted octanol–water partition coefficient (Wildman–Crippen LogP) is 5.41. The van der Waals surface area contributed by atoms with Gasteiger partial charge >= 0.3 is 5.97 Å². The molecule has 1 aliphatic carbocycles. The highest BCUT2D eigenvalue weighted by Crippen LogP contribution is 2.41. The molecule has 0 fully saturated rings. The van der Waals surface area contributed by atoms with Gasteiger partial charge in [-0.05, 0) is 38.3 Å². The standard InChI is InChI=1S/C24H22N2O4/c1-16(9-5-8-14-19(27)28)29-23-21-20(17-10-6-7-11-17)22(18-12-3-2-4-13-18)30-24(21)26-15-25-23/h2-4,6-7,10,12-13,15-16H,5,8-9,14H2,1H3,(H,27,28)/t16-/m1/s1. The van der Waals surface area contributed by atoms with E-state index < -0.39 is 5.97 Å². The lowest BCUT2D eigenvalue weighted by Crippen LogP contribution is -2.13. The predicted molar refractivity (Wildman–Crippen MR) is 114 cm³/mol. The lowest BCUT2D eigenvalue weighted by Gasteiger charge is -2.14. The highest BCUT2D eigenvalue weighted by atomic mass is 16.5. The largest absolute Gasteiger partial charge is 0.481 e. The van der Waals surface area contributed by atoms with Crippen LogP contribution in [-0.4, -0.2) is 27.1 Å². The third kappa shape index (κ3) is 4.19. The van der Waals surface area contributed by atoms with Gasteiger partial charge in [-0.3, -0.25) is 4.79 Å². The van der Waals surface area contributed by atoms with Crippen LogP contribution >= 0.6 is 0 Å². The van der Waals surface area contributed by atoms with E-state index in [1.807, 2.05) is 55.5 Å². The molecule has 0 unspecified atom stereocenters. The Morgan fingerprint density at radius 3 is 2.80 bits per heavy atom. The first-order valence-corrected chi connectivity index (χ1v) is 9.98. The minimum Gasteiger partial charge on any atom is -0.481 e. The number of unbranched alkanes of at least 4 members (excludes halogenated alkanes) is 1. The van der Waals surface area contributed by atoms with E-state index in [0.29, 0.717) is 23.8 Å². The number of aromatic nitrogens is 2. The van der Waals surface area contributed by atoms with Crippen LogP contribution in [0.5, 0.6) is 5.88 Å². The van der Waals surface area contributed by atoms with E-state index in [2.05, 4.69) is 15.7 Å². The van der Waals surface area contributed by atoms with E-state index in [1.165, 1.54) is 6.33 Å². The van der Waals surface area contributed by atoms with Crippen LogP contribution in [0.3, 0.4) is 0 Å². The van der Waals surface area contributed by atoms with Gasteiger partial charge in [0.05, 0.1) is 11.7 Å². The number of carboxylic acids is 1. The number of hydrogen-bond acceptors (Lipinski definition) is 5. The second-order valence-electron chi connectivity index (χ2n) is 7.18. The van der Waals surface area contributed by atoms with E-state index in [1.54, 1.807) is 0 Å². The Balaban J connectivity index is 1.70. The first-order chi connectivity index (χ1) is 14.6. The fraction of sp³-hybridized carbons (Fsp3) is 0.250. The van der Waals surface area contributed by atoms with Crippen LogP contribution in [0.15, 0.2) is 65.0 Å². The average molecular weight is 402 g/mol. The summed E-state index contributed by atoms with van der Waals surface area (Å²) in [5.74, 6) is 0.386. The Labute approximate surface area is 174 Å². The van der Waals surface area contributed by atoms with Gasteiger partial charge in [0.25, 0.3) is 0 Å². The van der Waals surface area contributed by atoms with Crippen molar-refractivity contribution in [3.8, 4) is 17.2 Å². The molecule has 1 N–H and O–H groups in total. The van der Waals surface area contributed by atoms with Gasteiger partial charge < -0.3 is 14.3 Å². The molecule has 4 rings (SSSR count). The zero-order chi connectivity index (χ0) is 20.9. The molecule has 1 aliphatic rings. The Morgan fingerprint density at radius 1 is 1.23 bits per heavy atom. The first kappa shape index (κ1) is 19.7. The molecule has 6 heteroatoms. The van der Waals surface area contributed by atoms with Crippen molar-refractivity contribution >= 4 is 22.6 Å². The average Bonchev–Trinajstić information content (AvgIpc) is 3.39. The second-order valence-corrected chi connectivity index (χ2v) is 7.18. The minimum absolute atomic E-state index is 0.122. The molecule has 1 atom stereocenters. The molecule has 0 amide bonds. The van der Waals surface area contributed by atoms with Gasteiger partial charge in [0.15, 0.2) is 0 Å². The monoisotopic (exact) mass is 402 g/mol. The van der Waals surface area contributed by atoms with Crippen molar-refractivity contribution in [3.05, 3.63) is 66.2 Å². The summed E-state index contributed by atoms with van der Waals surface area (Å²) in [6, 6.07) is 9.86. The summed E-state index contributed by atoms with van der Waals surface area (Å²) in [6.45, 7) is 1.96. The van der Waals surface area contributed by atoms with Crippen molar-refractivity contribution in [2.45, 2.75) is 38.7 Å². The van der Waals surface area contributed by atoms with Crippen LogP contribution in [0.25, 0.3) is 28.0 Å². The molecule has 2 aromatic heterocycles. The molecule has 2 heterocycles. The van der Waals surface area contributed by atoms with Crippen LogP contribution < -0.4 is 4.74 Å². The van der Waals surface area contributed by atoms with Crippen molar-refractivity contribution in [2.24, 2.45) is 0 Å². The normalized spacial score (nSPS) is 13.6. The number of aliphatic carboxylic acids is 1. The van der Waals surface area contributed by atoms with Crippen molar-refractivity contribution in [2.75, 3.05) is 0 Å². The van der Waals surface area contributed by atoms with Gasteiger partial charge in [0.1, 0.15) is 17.5 Å². The van der Waals surface area contributed by atoms with Gasteiger partial charge in [-0.1, -0.05) is 36.4 Å². The first-order valence-electron chi connectivity index (χ1n) is 9.98. The van der Waals surface area contributed by atoms with E-state index >= 15 is 0 Å². The summed E-state index contributed by atoms with van der Waals surface area (Å²) in [5.41, 5.74) is 6.39. The molecule has 0 aliphatic heterocycles. The van der Waals surface area contributed by atoms with Gasteiger partial charge in [-0.25, -0.2) is 9.97 Å². The number of nitrogens with zero attached hydrogens (tertiary/aromatic N) is 2. The van der Waals surface area contributed by atoms with E-state index in [4.69, 9.17) is 14.3 Å². The van der Waals surface area contributed by atoms with Crippen molar-refractivity contribution in [3.63, 3.8) is 0 Å². The molecule has 30 heavy (non-hydrogen) atoms. The third-order valence-corrected chi connectivity index (χ3v) is 4.92. The summed E-state index contributed by atoms with van der Waals surface area (Å²) >= 11 is 0. The van der Waals surface area contributed by atoms with Gasteiger partial charge in [0.2, 0.25) is 11.6 Å². The number of carbonyl (C=O) groups is 1. The quantitative estimate of drug-likeness (QED) is 0.380. The lowest BCUT2D eigenvalue weighted by atomic mass is 10.0. The molecular weight excluding hydrogens is 380 g/mol. The number of ether oxygens (including phenoxy) is 1. The SMILES string of the molecule is C[C@H](CCCCC(=O)O)Oc1ncnc2oc(-c3ccccc3)c(C3=C=CC=C3)c12. The van der Waals surface area contributed by atoms with Crippen LogP contribution in [-0.2, 0) is 4.79 Å². The summed E-state index contributed by atoms with van der Waals surface area (Å²) < 4.78 is 12.3. The smallest absolute Gasteiger partial charge is 0.303 e. The number of allylic oxidation sites excluding steroid dienone is 3. The topological polar surface area (TPSA) is 85.5 Å². The number of carboxylic acid groups (broad SMARTS) is 1. The van der Waals surface area contributed by atoms with Gasteiger partial charge in [0, 0.05) is 17.6 Å². The Morgan fingerprint density at radius 2 is 2.07 bits per heavy atom. The van der Waals surface area contributed by atoms with E-state index in [9.17, 15) is 4.79 Å². The minimum atomic E-state index is -0.775. The van der Waals surface area contributed by atoms with Crippen LogP contribution in [0.4, 0.5) is 0 Å². The number of furan rings is 1.